The molecule has 0 saturated carbocycles. The van der Waals surface area contributed by atoms with Crippen LogP contribution in [0.2, 0.25) is 5.02 Å². The number of rotatable bonds is 6. The molecule has 0 radical (unpaired) electrons. The quantitative estimate of drug-likeness (QED) is 0.684. The van der Waals surface area contributed by atoms with Gasteiger partial charge in [-0.1, -0.05) is 36.7 Å². The summed E-state index contributed by atoms with van der Waals surface area (Å²) in [7, 11) is 0. The molecule has 0 spiro atoms. The Hall–Kier alpha value is -2.63. The van der Waals surface area contributed by atoms with Crippen molar-refractivity contribution in [3.05, 3.63) is 80.6 Å². The van der Waals surface area contributed by atoms with E-state index in [0.717, 1.165) is 17.3 Å². The standard InChI is InChI=1S/C21H21ClN2O3/c1-2-14-7-8-19-15(11-14)12-16(20(26)23-19)13-24(9-10-25)21(27)17-5-3-4-6-18(17)22/h3-8,11-12,25H,2,9-10,13H2,1H3,(H,23,26). The van der Waals surface area contributed by atoms with Crippen molar-refractivity contribution in [1.29, 1.82) is 0 Å². The van der Waals surface area contributed by atoms with Gasteiger partial charge in [-0.2, -0.15) is 0 Å². The number of aromatic amines is 1. The molecule has 1 aromatic heterocycles. The zero-order chi connectivity index (χ0) is 19.4. The number of nitrogens with zero attached hydrogens (tertiary/aromatic N) is 1. The Morgan fingerprint density at radius 3 is 2.67 bits per heavy atom. The number of aromatic nitrogens is 1. The van der Waals surface area contributed by atoms with E-state index in [-0.39, 0.29) is 31.2 Å². The highest BCUT2D eigenvalue weighted by Crippen LogP contribution is 2.19. The number of aliphatic hydroxyl groups is 1. The van der Waals surface area contributed by atoms with Crippen molar-refractivity contribution < 1.29 is 9.90 Å². The first kappa shape index (κ1) is 19.1. The molecule has 2 aromatic carbocycles. The van der Waals surface area contributed by atoms with Gasteiger partial charge in [-0.3, -0.25) is 9.59 Å². The Labute approximate surface area is 162 Å². The van der Waals surface area contributed by atoms with Crippen LogP contribution in [-0.4, -0.2) is 34.0 Å². The molecular weight excluding hydrogens is 364 g/mol. The predicted molar refractivity (Wildman–Crippen MR) is 107 cm³/mol. The fourth-order valence-electron chi connectivity index (χ4n) is 3.02. The Bertz CT molecular complexity index is 1030. The Morgan fingerprint density at radius 1 is 1.19 bits per heavy atom. The lowest BCUT2D eigenvalue weighted by Crippen LogP contribution is -2.35. The molecule has 1 heterocycles. The topological polar surface area (TPSA) is 73.4 Å². The van der Waals surface area contributed by atoms with Crippen LogP contribution >= 0.6 is 11.6 Å². The molecule has 1 amide bonds. The highest BCUT2D eigenvalue weighted by Gasteiger charge is 2.19. The molecule has 0 aliphatic carbocycles. The number of fused-ring (bicyclic) bond motifs is 1. The second-order valence-corrected chi connectivity index (χ2v) is 6.74. The van der Waals surface area contributed by atoms with Crippen molar-refractivity contribution >= 4 is 28.4 Å². The largest absolute Gasteiger partial charge is 0.395 e. The van der Waals surface area contributed by atoms with Gasteiger partial charge in [0.2, 0.25) is 0 Å². The molecular formula is C21H21ClN2O3. The number of hydrogen-bond acceptors (Lipinski definition) is 3. The van der Waals surface area contributed by atoms with Gasteiger partial charge in [0.05, 0.1) is 23.7 Å². The maximum Gasteiger partial charge on any atom is 0.255 e. The van der Waals surface area contributed by atoms with Gasteiger partial charge in [0.15, 0.2) is 0 Å². The third-order valence-corrected chi connectivity index (χ3v) is 4.85. The van der Waals surface area contributed by atoms with Crippen molar-refractivity contribution in [3.8, 4) is 0 Å². The number of aliphatic hydroxyl groups excluding tert-OH is 1. The predicted octanol–water partition coefficient (Wildman–Crippen LogP) is 3.38. The van der Waals surface area contributed by atoms with Crippen LogP contribution in [0, 0.1) is 0 Å². The molecule has 0 aliphatic heterocycles. The van der Waals surface area contributed by atoms with Crippen molar-refractivity contribution in [2.75, 3.05) is 13.2 Å². The second kappa shape index (κ2) is 8.37. The lowest BCUT2D eigenvalue weighted by atomic mass is 10.1. The van der Waals surface area contributed by atoms with E-state index < -0.39 is 0 Å². The molecule has 0 fully saturated rings. The molecule has 3 aromatic rings. The summed E-state index contributed by atoms with van der Waals surface area (Å²) in [4.78, 5) is 29.6. The maximum absolute atomic E-state index is 12.9. The number of nitrogens with one attached hydrogen (secondary N) is 1. The molecule has 3 rings (SSSR count). The Balaban J connectivity index is 1.96. The zero-order valence-electron chi connectivity index (χ0n) is 15.0. The van der Waals surface area contributed by atoms with Crippen LogP contribution in [0.1, 0.15) is 28.4 Å². The van der Waals surface area contributed by atoms with Crippen molar-refractivity contribution in [2.45, 2.75) is 19.9 Å². The summed E-state index contributed by atoms with van der Waals surface area (Å²) >= 11 is 6.13. The molecule has 6 heteroatoms. The first-order valence-electron chi connectivity index (χ1n) is 8.83. The molecule has 2 N–H and O–H groups in total. The van der Waals surface area contributed by atoms with E-state index in [1.165, 1.54) is 10.5 Å². The van der Waals surface area contributed by atoms with E-state index in [2.05, 4.69) is 11.9 Å². The third kappa shape index (κ3) is 4.21. The number of H-pyrrole nitrogens is 1. The molecule has 0 aliphatic rings. The van der Waals surface area contributed by atoms with Crippen LogP contribution in [0.4, 0.5) is 0 Å². The zero-order valence-corrected chi connectivity index (χ0v) is 15.8. The first-order chi connectivity index (χ1) is 13.0. The van der Waals surface area contributed by atoms with Crippen LogP contribution in [-0.2, 0) is 13.0 Å². The minimum atomic E-state index is -0.323. The summed E-state index contributed by atoms with van der Waals surface area (Å²) in [5.41, 5.74) is 2.48. The number of carbonyl (C=O) groups excluding carboxylic acids is 1. The van der Waals surface area contributed by atoms with Crippen molar-refractivity contribution in [2.24, 2.45) is 0 Å². The Kier molecular flexibility index (Phi) is 5.94. The number of hydrogen-bond donors (Lipinski definition) is 2. The minimum absolute atomic E-state index is 0.0895. The summed E-state index contributed by atoms with van der Waals surface area (Å²) in [5.74, 6) is -0.323. The van der Waals surface area contributed by atoms with E-state index in [9.17, 15) is 14.7 Å². The van der Waals surface area contributed by atoms with E-state index in [4.69, 9.17) is 11.6 Å². The molecule has 0 saturated heterocycles. The number of benzene rings is 2. The van der Waals surface area contributed by atoms with Crippen LogP contribution in [0.3, 0.4) is 0 Å². The molecule has 5 nitrogen and oxygen atoms in total. The van der Waals surface area contributed by atoms with Gasteiger partial charge in [-0.25, -0.2) is 0 Å². The van der Waals surface area contributed by atoms with Crippen LogP contribution in [0.15, 0.2) is 53.3 Å². The van der Waals surface area contributed by atoms with Crippen molar-refractivity contribution in [1.82, 2.24) is 9.88 Å². The number of amides is 1. The summed E-state index contributed by atoms with van der Waals surface area (Å²) in [6.07, 6.45) is 0.895. The average molecular weight is 385 g/mol. The third-order valence-electron chi connectivity index (χ3n) is 4.52. The molecule has 27 heavy (non-hydrogen) atoms. The smallest absolute Gasteiger partial charge is 0.255 e. The number of halogens is 1. The molecule has 0 atom stereocenters. The van der Waals surface area contributed by atoms with Crippen LogP contribution in [0.5, 0.6) is 0 Å². The van der Waals surface area contributed by atoms with Gasteiger partial charge in [0, 0.05) is 17.6 Å². The van der Waals surface area contributed by atoms with Crippen LogP contribution < -0.4 is 5.56 Å². The van der Waals surface area contributed by atoms with Gasteiger partial charge in [-0.15, -0.1) is 0 Å². The molecule has 0 unspecified atom stereocenters. The Morgan fingerprint density at radius 2 is 1.96 bits per heavy atom. The highest BCUT2D eigenvalue weighted by atomic mass is 35.5. The SMILES string of the molecule is CCc1ccc2[nH]c(=O)c(CN(CCO)C(=O)c3ccccc3Cl)cc2c1. The van der Waals surface area contributed by atoms with E-state index in [1.807, 2.05) is 18.2 Å². The van der Waals surface area contributed by atoms with Gasteiger partial charge in [0.1, 0.15) is 0 Å². The van der Waals surface area contributed by atoms with E-state index in [1.54, 1.807) is 30.3 Å². The van der Waals surface area contributed by atoms with E-state index in [0.29, 0.717) is 16.1 Å². The summed E-state index contributed by atoms with van der Waals surface area (Å²) in [6.45, 7) is 2.06. The second-order valence-electron chi connectivity index (χ2n) is 6.33. The highest BCUT2D eigenvalue weighted by molar-refractivity contribution is 6.33. The number of carbonyl (C=O) groups is 1. The summed E-state index contributed by atoms with van der Waals surface area (Å²) in [5, 5.41) is 10.6. The fourth-order valence-corrected chi connectivity index (χ4v) is 3.24. The number of pyridine rings is 1. The van der Waals surface area contributed by atoms with Crippen molar-refractivity contribution in [3.63, 3.8) is 0 Å². The van der Waals surface area contributed by atoms with Gasteiger partial charge < -0.3 is 15.0 Å². The minimum Gasteiger partial charge on any atom is -0.395 e. The van der Waals surface area contributed by atoms with Gasteiger partial charge >= 0.3 is 0 Å². The molecule has 0 bridgehead atoms. The lowest BCUT2D eigenvalue weighted by molar-refractivity contribution is 0.0707. The van der Waals surface area contributed by atoms with Gasteiger partial charge in [0.25, 0.3) is 11.5 Å². The van der Waals surface area contributed by atoms with E-state index >= 15 is 0 Å². The van der Waals surface area contributed by atoms with Gasteiger partial charge in [-0.05, 0) is 47.7 Å². The summed E-state index contributed by atoms with van der Waals surface area (Å²) in [6, 6.07) is 14.4. The monoisotopic (exact) mass is 384 g/mol. The first-order valence-corrected chi connectivity index (χ1v) is 9.20. The summed E-state index contributed by atoms with van der Waals surface area (Å²) < 4.78 is 0. The normalized spacial score (nSPS) is 10.9. The number of aryl methyl sites for hydroxylation is 1. The van der Waals surface area contributed by atoms with Crippen LogP contribution in [0.25, 0.3) is 10.9 Å². The molecule has 140 valence electrons. The lowest BCUT2D eigenvalue weighted by Gasteiger charge is -2.22. The maximum atomic E-state index is 12.9. The average Bonchev–Trinajstić information content (AvgIpc) is 2.67. The fraction of sp³-hybridized carbons (Fsp3) is 0.238.